The number of alkyl halides is 1. The first-order chi connectivity index (χ1) is 15.9. The predicted octanol–water partition coefficient (Wildman–Crippen LogP) is 5.37. The number of halogens is 1. The number of aromatic hydroxyl groups is 1. The van der Waals surface area contributed by atoms with E-state index in [0.717, 1.165) is 62.9 Å². The van der Waals surface area contributed by atoms with Gasteiger partial charge in [0.25, 0.3) is 0 Å². The van der Waals surface area contributed by atoms with E-state index in [-0.39, 0.29) is 21.5 Å². The van der Waals surface area contributed by atoms with Gasteiger partial charge in [0.1, 0.15) is 10.5 Å². The van der Waals surface area contributed by atoms with E-state index in [0.29, 0.717) is 17.0 Å². The van der Waals surface area contributed by atoms with Crippen LogP contribution in [0.3, 0.4) is 0 Å². The number of carbonyl (C=O) groups is 1. The molecule has 1 amide bonds. The molecule has 1 aromatic carbocycles. The van der Waals surface area contributed by atoms with Crippen LogP contribution < -0.4 is 5.32 Å². The summed E-state index contributed by atoms with van der Waals surface area (Å²) in [6, 6.07) is 3.98. The Hall–Kier alpha value is -1.22. The number of hydrogen-bond donors (Lipinski definition) is 3. The number of benzene rings is 1. The molecule has 0 atom stereocenters. The van der Waals surface area contributed by atoms with Gasteiger partial charge in [0.2, 0.25) is 10.9 Å². The number of hydrogen-bond acceptors (Lipinski definition) is 4. The highest BCUT2D eigenvalue weighted by Gasteiger charge is 2.30. The Balaban J connectivity index is 0.00000432. The first-order valence-electron chi connectivity index (χ1n) is 12.5. The lowest BCUT2D eigenvalue weighted by Crippen LogP contribution is -2.35. The van der Waals surface area contributed by atoms with Crippen LogP contribution in [0.5, 0.6) is 5.75 Å². The van der Waals surface area contributed by atoms with E-state index in [2.05, 4.69) is 78.7 Å². The molecule has 35 heavy (non-hydrogen) atoms. The maximum atomic E-state index is 11.4. The molecular formula is C27H44BrN3O3S. The van der Waals surface area contributed by atoms with Crippen molar-refractivity contribution < 1.29 is 15.4 Å². The maximum Gasteiger partial charge on any atom is 0.230 e. The molecule has 0 aliphatic carbocycles. The number of rotatable bonds is 8. The van der Waals surface area contributed by atoms with Crippen LogP contribution in [0.4, 0.5) is 0 Å². The Morgan fingerprint density at radius 2 is 1.83 bits per heavy atom. The molecule has 0 radical (unpaired) electrons. The van der Waals surface area contributed by atoms with Crippen molar-refractivity contribution in [3.63, 3.8) is 0 Å². The van der Waals surface area contributed by atoms with Crippen LogP contribution in [0, 0.1) is 11.3 Å². The highest BCUT2D eigenvalue weighted by Crippen LogP contribution is 2.37. The van der Waals surface area contributed by atoms with E-state index in [1.54, 1.807) is 0 Å². The lowest BCUT2D eigenvalue weighted by Gasteiger charge is -2.32. The third-order valence-electron chi connectivity index (χ3n) is 6.38. The lowest BCUT2D eigenvalue weighted by molar-refractivity contribution is -0.118. The molecule has 0 spiro atoms. The van der Waals surface area contributed by atoms with Gasteiger partial charge in [-0.15, -0.1) is 0 Å². The van der Waals surface area contributed by atoms with Gasteiger partial charge in [0, 0.05) is 41.4 Å². The van der Waals surface area contributed by atoms with E-state index >= 15 is 0 Å². The number of thiol groups is 1. The number of likely N-dealkylation sites (tertiary alicyclic amines) is 1. The number of nitrogens with zero attached hydrogens (tertiary/aromatic N) is 1. The maximum absolute atomic E-state index is 11.4. The number of phenols is 1. The van der Waals surface area contributed by atoms with Crippen molar-refractivity contribution >= 4 is 44.5 Å². The summed E-state index contributed by atoms with van der Waals surface area (Å²) in [5.74, 6) is 1.09. The van der Waals surface area contributed by atoms with Crippen molar-refractivity contribution in [3.8, 4) is 5.75 Å². The lowest BCUT2D eigenvalue weighted by atomic mass is 9.88. The second-order valence-electron chi connectivity index (χ2n) is 11.9. The van der Waals surface area contributed by atoms with Crippen LogP contribution in [-0.4, -0.2) is 56.1 Å². The first kappa shape index (κ1) is 30.0. The number of nitrogens with one attached hydrogen (secondary N) is 2. The highest BCUT2D eigenvalue weighted by atomic mass is 79.9. The fraction of sp³-hybridized carbons (Fsp3) is 0.667. The van der Waals surface area contributed by atoms with Crippen LogP contribution >= 0.6 is 15.9 Å². The summed E-state index contributed by atoms with van der Waals surface area (Å²) in [5.41, 5.74) is 3.70. The Bertz CT molecular complexity index is 986. The molecule has 1 aromatic heterocycles. The van der Waals surface area contributed by atoms with Gasteiger partial charge in [-0.2, -0.15) is 0 Å². The van der Waals surface area contributed by atoms with Gasteiger partial charge in [-0.3, -0.25) is 9.69 Å². The van der Waals surface area contributed by atoms with Crippen LogP contribution in [0.15, 0.2) is 17.2 Å². The molecular weight excluding hydrogens is 526 g/mol. The SMILES string of the molecule is CC(C)(C)Cc1c([SH+]C(C)(C)C)[nH]c2c(CN3CCC(CCNC(=O)CBr)CC3)c(O)ccc12.[OH-]. The van der Waals surface area contributed by atoms with Gasteiger partial charge in [-0.1, -0.05) is 36.7 Å². The second-order valence-corrected chi connectivity index (χ2v) is 14.5. The number of fused-ring (bicyclic) bond motifs is 1. The van der Waals surface area contributed by atoms with Gasteiger partial charge in [0.15, 0.2) is 0 Å². The van der Waals surface area contributed by atoms with Crippen molar-refractivity contribution in [1.82, 2.24) is 15.2 Å². The van der Waals surface area contributed by atoms with Gasteiger partial charge in [-0.05, 0) is 83.0 Å². The molecule has 6 nitrogen and oxygen atoms in total. The molecule has 8 heteroatoms. The van der Waals surface area contributed by atoms with Crippen molar-refractivity contribution in [2.75, 3.05) is 25.0 Å². The Labute approximate surface area is 223 Å². The zero-order valence-electron chi connectivity index (χ0n) is 22.2. The molecule has 0 saturated carbocycles. The minimum absolute atomic E-state index is 0. The van der Waals surface area contributed by atoms with Gasteiger partial charge in [0.05, 0.1) is 10.8 Å². The largest absolute Gasteiger partial charge is 0.870 e. The minimum Gasteiger partial charge on any atom is -0.870 e. The average molecular weight is 571 g/mol. The van der Waals surface area contributed by atoms with E-state index in [9.17, 15) is 9.90 Å². The number of aromatic nitrogens is 1. The van der Waals surface area contributed by atoms with Crippen molar-refractivity contribution in [2.45, 2.75) is 83.5 Å². The topological polar surface area (TPSA) is 98.4 Å². The van der Waals surface area contributed by atoms with Crippen molar-refractivity contribution in [1.29, 1.82) is 0 Å². The summed E-state index contributed by atoms with van der Waals surface area (Å²) in [4.78, 5) is 17.7. The Morgan fingerprint density at radius 1 is 1.17 bits per heavy atom. The zero-order valence-corrected chi connectivity index (χ0v) is 24.7. The van der Waals surface area contributed by atoms with Crippen LogP contribution in [-0.2, 0) is 29.5 Å². The monoisotopic (exact) mass is 569 g/mol. The number of amides is 1. The smallest absolute Gasteiger partial charge is 0.230 e. The standard InChI is InChI=1S/C27H42BrN3O2S.H2O/c1-26(2,3)15-20-19-7-8-22(32)21(24(19)30-25(20)34-27(4,5)6)17-31-13-10-18(11-14-31)9-12-29-23(33)16-28;/h7-8,18,30,32H,9-17H2,1-6H3,(H,29,33);1H2. The molecule has 1 fully saturated rings. The van der Waals surface area contributed by atoms with E-state index in [1.165, 1.54) is 27.7 Å². The van der Waals surface area contributed by atoms with Crippen LogP contribution in [0.25, 0.3) is 10.9 Å². The molecule has 198 valence electrons. The Kier molecular flexibility index (Phi) is 10.6. The number of H-pyrrole nitrogens is 1. The molecule has 0 unspecified atom stereocenters. The third kappa shape index (κ3) is 8.69. The third-order valence-corrected chi connectivity index (χ3v) is 8.17. The summed E-state index contributed by atoms with van der Waals surface area (Å²) >= 11 is 4.48. The van der Waals surface area contributed by atoms with Crippen LogP contribution in [0.1, 0.15) is 71.9 Å². The molecule has 4 N–H and O–H groups in total. The summed E-state index contributed by atoms with van der Waals surface area (Å²) in [5, 5.41) is 16.7. The first-order valence-corrected chi connectivity index (χ1v) is 14.5. The van der Waals surface area contributed by atoms with Crippen molar-refractivity contribution in [3.05, 3.63) is 23.3 Å². The number of piperidine rings is 1. The molecule has 1 aliphatic heterocycles. The van der Waals surface area contributed by atoms with E-state index in [4.69, 9.17) is 0 Å². The summed E-state index contributed by atoms with van der Waals surface area (Å²) in [6.45, 7) is 17.3. The average Bonchev–Trinajstić information content (AvgIpc) is 3.05. The number of aromatic amines is 1. The molecule has 1 saturated heterocycles. The van der Waals surface area contributed by atoms with Gasteiger partial charge in [-0.25, -0.2) is 0 Å². The fourth-order valence-electron chi connectivity index (χ4n) is 4.77. The van der Waals surface area contributed by atoms with Crippen molar-refractivity contribution in [2.24, 2.45) is 11.3 Å². The predicted molar refractivity (Wildman–Crippen MR) is 151 cm³/mol. The molecule has 3 rings (SSSR count). The normalized spacial score (nSPS) is 15.9. The van der Waals surface area contributed by atoms with E-state index < -0.39 is 0 Å². The second kappa shape index (κ2) is 12.3. The van der Waals surface area contributed by atoms with Crippen LogP contribution in [0.2, 0.25) is 0 Å². The number of carbonyl (C=O) groups excluding carboxylic acids is 1. The highest BCUT2D eigenvalue weighted by molar-refractivity contribution is 9.09. The molecule has 2 heterocycles. The molecule has 2 aromatic rings. The van der Waals surface area contributed by atoms with E-state index in [1.807, 2.05) is 6.07 Å². The van der Waals surface area contributed by atoms with Gasteiger partial charge >= 0.3 is 0 Å². The summed E-state index contributed by atoms with van der Waals surface area (Å²) < 4.78 is 0.158. The summed E-state index contributed by atoms with van der Waals surface area (Å²) in [6.07, 6.45) is 4.31. The van der Waals surface area contributed by atoms with Gasteiger partial charge < -0.3 is 20.9 Å². The zero-order chi connectivity index (χ0) is 25.1. The quantitative estimate of drug-likeness (QED) is 0.226. The molecule has 0 bridgehead atoms. The minimum atomic E-state index is 0. The Morgan fingerprint density at radius 3 is 2.40 bits per heavy atom. The fourth-order valence-corrected chi connectivity index (χ4v) is 6.14. The summed E-state index contributed by atoms with van der Waals surface area (Å²) in [7, 11) is 0. The molecule has 1 aliphatic rings. The number of phenolic OH excluding ortho intramolecular Hbond substituents is 1.